The Morgan fingerprint density at radius 3 is 1.97 bits per heavy atom. The summed E-state index contributed by atoms with van der Waals surface area (Å²) in [6, 6.07) is 22.0. The molecule has 2 N–H and O–H groups in total. The summed E-state index contributed by atoms with van der Waals surface area (Å²) in [5, 5.41) is 7.55. The van der Waals surface area contributed by atoms with E-state index in [0.29, 0.717) is 17.6 Å². The fourth-order valence-electron chi connectivity index (χ4n) is 7.08. The van der Waals surface area contributed by atoms with E-state index in [0.717, 1.165) is 45.5 Å². The van der Waals surface area contributed by atoms with Gasteiger partial charge in [-0.3, -0.25) is 4.79 Å². The number of halogens is 1. The van der Waals surface area contributed by atoms with Gasteiger partial charge in [-0.15, -0.1) is 0 Å². The summed E-state index contributed by atoms with van der Waals surface area (Å²) in [5.74, 6) is 3.26. The lowest BCUT2D eigenvalue weighted by molar-refractivity contribution is -0.120. The topological polar surface area (TPSA) is 50.4 Å². The number of hydrogen-bond donors (Lipinski definition) is 2. The maximum atomic E-state index is 10.7. The summed E-state index contributed by atoms with van der Waals surface area (Å²) in [7, 11) is 0. The number of rotatable bonds is 7. The van der Waals surface area contributed by atoms with Gasteiger partial charge >= 0.3 is 0 Å². The number of nitrogens with one attached hydrogen (secondary N) is 2. The van der Waals surface area contributed by atoms with E-state index in [4.69, 9.17) is 16.3 Å². The quantitative estimate of drug-likeness (QED) is 0.344. The van der Waals surface area contributed by atoms with Crippen LogP contribution in [-0.4, -0.2) is 6.47 Å². The second-order valence-electron chi connectivity index (χ2n) is 10.4. The fraction of sp³-hybridized carbons (Fsp3) is 0.345. The third-order valence-electron chi connectivity index (χ3n) is 8.12. The standard InChI is InChI=1S/C29H29ClN2O2/c30-25-14-22(29-15-19-11-20(16-29)13-21(12-19)17-29)5-10-26(25)31-23-6-8-24(9-7-23)32-27-3-1-2-4-28(27)34-18-33/h1-10,14,18-21,31-32H,11-13,15-17H2. The van der Waals surface area contributed by atoms with Gasteiger partial charge in [-0.25, -0.2) is 0 Å². The maximum Gasteiger partial charge on any atom is 0.298 e. The smallest absolute Gasteiger partial charge is 0.298 e. The Kier molecular flexibility index (Phi) is 5.49. The van der Waals surface area contributed by atoms with Gasteiger partial charge in [-0.1, -0.05) is 29.8 Å². The first-order valence-corrected chi connectivity index (χ1v) is 12.6. The summed E-state index contributed by atoms with van der Waals surface area (Å²) >= 11 is 6.79. The number of anilines is 4. The fourth-order valence-corrected chi connectivity index (χ4v) is 7.31. The molecule has 4 aliphatic rings. The minimum Gasteiger partial charge on any atom is -0.427 e. The predicted molar refractivity (Wildman–Crippen MR) is 137 cm³/mol. The van der Waals surface area contributed by atoms with Gasteiger partial charge in [-0.05, 0) is 116 Å². The molecule has 4 saturated carbocycles. The third kappa shape index (κ3) is 4.05. The molecule has 34 heavy (non-hydrogen) atoms. The van der Waals surface area contributed by atoms with Crippen molar-refractivity contribution in [2.24, 2.45) is 17.8 Å². The van der Waals surface area contributed by atoms with E-state index in [2.05, 4.69) is 28.8 Å². The van der Waals surface area contributed by atoms with E-state index in [-0.39, 0.29) is 0 Å². The van der Waals surface area contributed by atoms with Crippen molar-refractivity contribution in [3.8, 4) is 5.75 Å². The molecule has 4 bridgehead atoms. The Balaban J connectivity index is 1.16. The highest BCUT2D eigenvalue weighted by molar-refractivity contribution is 6.33. The van der Waals surface area contributed by atoms with Crippen LogP contribution in [0.25, 0.3) is 0 Å². The van der Waals surface area contributed by atoms with Crippen LogP contribution < -0.4 is 15.4 Å². The number of carbonyl (C=O) groups is 1. The number of carbonyl (C=O) groups excluding carboxylic acids is 1. The molecule has 7 rings (SSSR count). The summed E-state index contributed by atoms with van der Waals surface area (Å²) < 4.78 is 5.04. The van der Waals surface area contributed by atoms with Crippen LogP contribution in [0.2, 0.25) is 5.02 Å². The van der Waals surface area contributed by atoms with Gasteiger partial charge in [0.2, 0.25) is 0 Å². The number of para-hydroxylation sites is 2. The number of hydrogen-bond acceptors (Lipinski definition) is 4. The van der Waals surface area contributed by atoms with Crippen LogP contribution in [0, 0.1) is 17.8 Å². The van der Waals surface area contributed by atoms with Crippen molar-refractivity contribution >= 4 is 40.8 Å². The zero-order chi connectivity index (χ0) is 23.1. The van der Waals surface area contributed by atoms with Crippen LogP contribution in [0.1, 0.15) is 44.1 Å². The lowest BCUT2D eigenvalue weighted by Gasteiger charge is -2.57. The van der Waals surface area contributed by atoms with Crippen LogP contribution in [0.4, 0.5) is 22.7 Å². The van der Waals surface area contributed by atoms with Gasteiger partial charge < -0.3 is 15.4 Å². The Morgan fingerprint density at radius 2 is 1.38 bits per heavy atom. The molecule has 4 aliphatic carbocycles. The Hall–Kier alpha value is -2.98. The molecular formula is C29H29ClN2O2. The van der Waals surface area contributed by atoms with Gasteiger partial charge in [0.1, 0.15) is 0 Å². The SMILES string of the molecule is O=COc1ccccc1Nc1ccc(Nc2ccc(C34CC5CC(CC(C5)C3)C4)cc2Cl)cc1. The Labute approximate surface area is 205 Å². The molecule has 0 amide bonds. The van der Waals surface area contributed by atoms with Crippen LogP contribution in [0.15, 0.2) is 66.7 Å². The average molecular weight is 473 g/mol. The third-order valence-corrected chi connectivity index (χ3v) is 8.44. The maximum absolute atomic E-state index is 10.7. The molecule has 0 aliphatic heterocycles. The molecule has 0 unspecified atom stereocenters. The molecule has 0 atom stereocenters. The van der Waals surface area contributed by atoms with Gasteiger partial charge in [0.05, 0.1) is 16.4 Å². The van der Waals surface area contributed by atoms with Gasteiger partial charge in [0, 0.05) is 11.4 Å². The molecule has 0 spiro atoms. The molecule has 0 heterocycles. The second-order valence-corrected chi connectivity index (χ2v) is 10.8. The van der Waals surface area contributed by atoms with Gasteiger partial charge in [-0.2, -0.15) is 0 Å². The second kappa shape index (κ2) is 8.66. The molecule has 0 aromatic heterocycles. The minimum atomic E-state index is 0.355. The number of ether oxygens (including phenoxy) is 1. The summed E-state index contributed by atoms with van der Waals surface area (Å²) in [5.41, 5.74) is 5.33. The largest absolute Gasteiger partial charge is 0.427 e. The highest BCUT2D eigenvalue weighted by atomic mass is 35.5. The van der Waals surface area contributed by atoms with Crippen LogP contribution >= 0.6 is 11.6 Å². The molecule has 0 saturated heterocycles. The lowest BCUT2D eigenvalue weighted by Crippen LogP contribution is -2.48. The summed E-state index contributed by atoms with van der Waals surface area (Å²) in [6.45, 7) is 0.436. The Morgan fingerprint density at radius 1 is 0.794 bits per heavy atom. The summed E-state index contributed by atoms with van der Waals surface area (Å²) in [4.78, 5) is 10.7. The molecule has 3 aromatic carbocycles. The predicted octanol–water partition coefficient (Wildman–Crippen LogP) is 7.83. The zero-order valence-electron chi connectivity index (χ0n) is 19.1. The van der Waals surface area contributed by atoms with E-state index in [1.54, 1.807) is 6.07 Å². The first kappa shape index (κ1) is 21.5. The monoisotopic (exact) mass is 472 g/mol. The van der Waals surface area contributed by atoms with Crippen molar-refractivity contribution < 1.29 is 9.53 Å². The van der Waals surface area contributed by atoms with Crippen molar-refractivity contribution in [1.82, 2.24) is 0 Å². The minimum absolute atomic E-state index is 0.355. The molecule has 174 valence electrons. The lowest BCUT2D eigenvalue weighted by atomic mass is 9.48. The first-order valence-electron chi connectivity index (χ1n) is 12.2. The van der Waals surface area contributed by atoms with Crippen LogP contribution in [0.3, 0.4) is 0 Å². The zero-order valence-corrected chi connectivity index (χ0v) is 19.9. The van der Waals surface area contributed by atoms with Gasteiger partial charge in [0.25, 0.3) is 6.47 Å². The molecule has 4 nitrogen and oxygen atoms in total. The molecule has 5 heteroatoms. The van der Waals surface area contributed by atoms with E-state index in [9.17, 15) is 4.79 Å². The van der Waals surface area contributed by atoms with Crippen molar-refractivity contribution in [2.75, 3.05) is 10.6 Å². The van der Waals surface area contributed by atoms with Crippen molar-refractivity contribution in [3.63, 3.8) is 0 Å². The average Bonchev–Trinajstić information content (AvgIpc) is 2.82. The van der Waals surface area contributed by atoms with E-state index >= 15 is 0 Å². The first-order chi connectivity index (χ1) is 16.6. The molecular weight excluding hydrogens is 444 g/mol. The normalized spacial score (nSPS) is 26.8. The van der Waals surface area contributed by atoms with Crippen molar-refractivity contribution in [3.05, 3.63) is 77.3 Å². The highest BCUT2D eigenvalue weighted by Gasteiger charge is 2.51. The van der Waals surface area contributed by atoms with Crippen LogP contribution in [0.5, 0.6) is 5.75 Å². The Bertz CT molecular complexity index is 1170. The molecule has 0 radical (unpaired) electrons. The van der Waals surface area contributed by atoms with Crippen molar-refractivity contribution in [2.45, 2.75) is 43.9 Å². The van der Waals surface area contributed by atoms with E-state index < -0.39 is 0 Å². The van der Waals surface area contributed by atoms with E-state index in [1.807, 2.05) is 42.5 Å². The number of benzene rings is 3. The molecule has 4 fully saturated rings. The van der Waals surface area contributed by atoms with E-state index in [1.165, 1.54) is 44.1 Å². The summed E-state index contributed by atoms with van der Waals surface area (Å²) in [6.07, 6.45) is 8.39. The molecule has 3 aromatic rings. The van der Waals surface area contributed by atoms with Crippen molar-refractivity contribution in [1.29, 1.82) is 0 Å². The van der Waals surface area contributed by atoms with Gasteiger partial charge in [0.15, 0.2) is 5.75 Å². The highest BCUT2D eigenvalue weighted by Crippen LogP contribution is 2.61. The van der Waals surface area contributed by atoms with Crippen LogP contribution in [-0.2, 0) is 10.2 Å².